The van der Waals surface area contributed by atoms with Gasteiger partial charge in [-0.15, -0.1) is 0 Å². The van der Waals surface area contributed by atoms with Crippen LogP contribution in [0.4, 0.5) is 4.39 Å². The summed E-state index contributed by atoms with van der Waals surface area (Å²) in [6.07, 6.45) is 0. The molecule has 1 aliphatic heterocycles. The molecule has 0 saturated carbocycles. The summed E-state index contributed by atoms with van der Waals surface area (Å²) >= 11 is 0. The molecule has 29 heavy (non-hydrogen) atoms. The zero-order valence-electron chi connectivity index (χ0n) is 16.4. The first-order valence-corrected chi connectivity index (χ1v) is 10.5. The van der Waals surface area contributed by atoms with Gasteiger partial charge in [-0.2, -0.15) is 4.31 Å². The number of hydrogen-bond donors (Lipinski definition) is 0. The molecule has 154 valence electrons. The monoisotopic (exact) mass is 419 g/mol. The molecule has 6 nitrogen and oxygen atoms in total. The summed E-state index contributed by atoms with van der Waals surface area (Å²) < 4.78 is 52.5. The zero-order valence-corrected chi connectivity index (χ0v) is 17.2. The molecule has 0 fully saturated rings. The van der Waals surface area contributed by atoms with E-state index in [1.165, 1.54) is 19.2 Å². The van der Waals surface area contributed by atoms with Gasteiger partial charge in [-0.05, 0) is 43.7 Å². The summed E-state index contributed by atoms with van der Waals surface area (Å²) in [5.74, 6) is -1.13. The van der Waals surface area contributed by atoms with Gasteiger partial charge in [-0.25, -0.2) is 17.6 Å². The van der Waals surface area contributed by atoms with Crippen LogP contribution in [0, 0.1) is 6.92 Å². The number of aryl methyl sites for hydroxylation is 1. The fourth-order valence-corrected chi connectivity index (χ4v) is 4.76. The van der Waals surface area contributed by atoms with Crippen molar-refractivity contribution in [1.82, 2.24) is 4.31 Å². The molecule has 0 bridgehead atoms. The highest BCUT2D eigenvalue weighted by Gasteiger charge is 2.45. The number of carbonyl (C=O) groups excluding carboxylic acids is 1. The largest absolute Gasteiger partial charge is 0.497 e. The molecule has 0 spiro atoms. The van der Waals surface area contributed by atoms with Crippen molar-refractivity contribution in [2.24, 2.45) is 0 Å². The standard InChI is InChI=1S/C21H22FNO5S/c1-4-28-21(24)19-18(22)13-23(20(19)15-7-9-16(27-3)10-8-15)29(25,26)17-11-5-14(2)6-12-17/h5-12,20H,4,13H2,1-3H3. The molecule has 1 unspecified atom stereocenters. The van der Waals surface area contributed by atoms with Crippen LogP contribution in [-0.4, -0.2) is 39.0 Å². The van der Waals surface area contributed by atoms with Gasteiger partial charge in [-0.3, -0.25) is 0 Å². The van der Waals surface area contributed by atoms with Crippen molar-refractivity contribution in [1.29, 1.82) is 0 Å². The third kappa shape index (κ3) is 4.04. The number of halogens is 1. The van der Waals surface area contributed by atoms with E-state index in [4.69, 9.17) is 9.47 Å². The fraction of sp³-hybridized carbons (Fsp3) is 0.286. The molecule has 1 aliphatic rings. The second-order valence-corrected chi connectivity index (χ2v) is 8.47. The molecule has 1 heterocycles. The van der Waals surface area contributed by atoms with E-state index in [9.17, 15) is 17.6 Å². The molecule has 0 aliphatic carbocycles. The van der Waals surface area contributed by atoms with Gasteiger partial charge in [0.15, 0.2) is 0 Å². The topological polar surface area (TPSA) is 72.9 Å². The first-order chi connectivity index (χ1) is 13.8. The average molecular weight is 419 g/mol. The van der Waals surface area contributed by atoms with E-state index in [-0.39, 0.29) is 17.1 Å². The number of ether oxygens (including phenoxy) is 2. The summed E-state index contributed by atoms with van der Waals surface area (Å²) in [7, 11) is -2.57. The van der Waals surface area contributed by atoms with Gasteiger partial charge < -0.3 is 9.47 Å². The number of nitrogens with zero attached hydrogens (tertiary/aromatic N) is 1. The van der Waals surface area contributed by atoms with E-state index in [1.807, 2.05) is 6.92 Å². The number of esters is 1. The minimum atomic E-state index is -4.07. The first-order valence-electron chi connectivity index (χ1n) is 9.07. The van der Waals surface area contributed by atoms with Crippen LogP contribution in [-0.2, 0) is 19.6 Å². The molecule has 1 atom stereocenters. The van der Waals surface area contributed by atoms with E-state index in [2.05, 4.69) is 0 Å². The van der Waals surface area contributed by atoms with Gasteiger partial charge in [-0.1, -0.05) is 29.8 Å². The average Bonchev–Trinajstić information content (AvgIpc) is 3.06. The van der Waals surface area contributed by atoms with Crippen molar-refractivity contribution in [2.75, 3.05) is 20.3 Å². The fourth-order valence-electron chi connectivity index (χ4n) is 3.23. The number of carbonyl (C=O) groups is 1. The Morgan fingerprint density at radius 2 is 1.76 bits per heavy atom. The second kappa shape index (κ2) is 8.34. The van der Waals surface area contributed by atoms with Gasteiger partial charge in [0.05, 0.1) is 36.8 Å². The van der Waals surface area contributed by atoms with Crippen LogP contribution in [0.1, 0.15) is 24.1 Å². The Balaban J connectivity index is 2.10. The molecule has 2 aromatic carbocycles. The van der Waals surface area contributed by atoms with Crippen LogP contribution >= 0.6 is 0 Å². The van der Waals surface area contributed by atoms with Crippen molar-refractivity contribution >= 4 is 16.0 Å². The first kappa shape index (κ1) is 21.0. The van der Waals surface area contributed by atoms with Crippen LogP contribution in [0.25, 0.3) is 0 Å². The summed E-state index contributed by atoms with van der Waals surface area (Å²) in [5.41, 5.74) is 1.04. The second-order valence-electron chi connectivity index (χ2n) is 6.58. The summed E-state index contributed by atoms with van der Waals surface area (Å²) in [5, 5.41) is 0. The van der Waals surface area contributed by atoms with Crippen LogP contribution in [0.5, 0.6) is 5.75 Å². The Hall–Kier alpha value is -2.71. The zero-order chi connectivity index (χ0) is 21.2. The predicted molar refractivity (Wildman–Crippen MR) is 106 cm³/mol. The smallest absolute Gasteiger partial charge is 0.338 e. The highest BCUT2D eigenvalue weighted by Crippen LogP contribution is 2.42. The van der Waals surface area contributed by atoms with Crippen molar-refractivity contribution in [2.45, 2.75) is 24.8 Å². The molecule has 0 saturated heterocycles. The van der Waals surface area contributed by atoms with Crippen molar-refractivity contribution < 1.29 is 27.1 Å². The Morgan fingerprint density at radius 3 is 2.31 bits per heavy atom. The number of benzene rings is 2. The van der Waals surface area contributed by atoms with Crippen LogP contribution in [0.3, 0.4) is 0 Å². The number of methoxy groups -OCH3 is 1. The van der Waals surface area contributed by atoms with Gasteiger partial charge >= 0.3 is 5.97 Å². The van der Waals surface area contributed by atoms with Gasteiger partial charge in [0.1, 0.15) is 11.6 Å². The van der Waals surface area contributed by atoms with Gasteiger partial charge in [0.25, 0.3) is 0 Å². The normalized spacial score (nSPS) is 17.4. The third-order valence-electron chi connectivity index (χ3n) is 4.70. The summed E-state index contributed by atoms with van der Waals surface area (Å²) in [6, 6.07) is 11.6. The molecular weight excluding hydrogens is 397 g/mol. The molecule has 8 heteroatoms. The molecule has 0 N–H and O–H groups in total. The lowest BCUT2D eigenvalue weighted by atomic mass is 10.0. The molecule has 0 radical (unpaired) electrons. The SMILES string of the molecule is CCOC(=O)C1=C(F)CN(S(=O)(=O)c2ccc(C)cc2)C1c1ccc(OC)cc1. The maximum absolute atomic E-state index is 14.9. The number of sulfonamides is 1. The molecule has 3 rings (SSSR count). The Bertz CT molecular complexity index is 1030. The van der Waals surface area contributed by atoms with Crippen LogP contribution in [0.2, 0.25) is 0 Å². The Kier molecular flexibility index (Phi) is 6.04. The van der Waals surface area contributed by atoms with E-state index >= 15 is 0 Å². The summed E-state index contributed by atoms with van der Waals surface area (Å²) in [6.45, 7) is 2.96. The Labute approximate surface area is 169 Å². The lowest BCUT2D eigenvalue weighted by Crippen LogP contribution is -2.33. The maximum atomic E-state index is 14.9. The van der Waals surface area contributed by atoms with Crippen molar-refractivity contribution in [3.8, 4) is 5.75 Å². The molecule has 0 amide bonds. The predicted octanol–water partition coefficient (Wildman–Crippen LogP) is 3.54. The Morgan fingerprint density at radius 1 is 1.14 bits per heavy atom. The van der Waals surface area contributed by atoms with Crippen molar-refractivity contribution in [3.05, 3.63) is 71.1 Å². The maximum Gasteiger partial charge on any atom is 0.338 e. The lowest BCUT2D eigenvalue weighted by Gasteiger charge is -2.26. The summed E-state index contributed by atoms with van der Waals surface area (Å²) in [4.78, 5) is 12.5. The van der Waals surface area contributed by atoms with E-state index in [0.717, 1.165) is 9.87 Å². The minimum absolute atomic E-state index is 0.0273. The van der Waals surface area contributed by atoms with Gasteiger partial charge in [0, 0.05) is 0 Å². The molecule has 2 aromatic rings. The highest BCUT2D eigenvalue weighted by molar-refractivity contribution is 7.89. The third-order valence-corrected chi connectivity index (χ3v) is 6.53. The molecule has 0 aromatic heterocycles. The van der Waals surface area contributed by atoms with Gasteiger partial charge in [0.2, 0.25) is 10.0 Å². The van der Waals surface area contributed by atoms with E-state index in [1.54, 1.807) is 43.3 Å². The lowest BCUT2D eigenvalue weighted by molar-refractivity contribution is -0.139. The number of rotatable bonds is 6. The molecular formula is C21H22FNO5S. The number of hydrogen-bond acceptors (Lipinski definition) is 5. The van der Waals surface area contributed by atoms with E-state index in [0.29, 0.717) is 11.3 Å². The van der Waals surface area contributed by atoms with E-state index < -0.39 is 34.4 Å². The van der Waals surface area contributed by atoms with Crippen LogP contribution in [0.15, 0.2) is 64.8 Å². The minimum Gasteiger partial charge on any atom is -0.497 e. The van der Waals surface area contributed by atoms with Crippen LogP contribution < -0.4 is 4.74 Å². The quantitative estimate of drug-likeness (QED) is 0.670. The highest BCUT2D eigenvalue weighted by atomic mass is 32.2. The van der Waals surface area contributed by atoms with Crippen molar-refractivity contribution in [3.63, 3.8) is 0 Å².